The number of rotatable bonds is 3. The van der Waals surface area contributed by atoms with Gasteiger partial charge in [0.25, 0.3) is 0 Å². The molecule has 1 saturated heterocycles. The second-order valence-electron chi connectivity index (χ2n) is 8.32. The highest BCUT2D eigenvalue weighted by Crippen LogP contribution is 2.35. The highest BCUT2D eigenvalue weighted by Gasteiger charge is 2.30. The van der Waals surface area contributed by atoms with Gasteiger partial charge < -0.3 is 24.7 Å². The number of H-pyrrole nitrogens is 2. The first kappa shape index (κ1) is 19.4. The number of aromatic amines is 2. The number of aliphatic hydroxyl groups is 1. The monoisotopic (exact) mass is 419 g/mol. The number of anilines is 1. The van der Waals surface area contributed by atoms with Crippen molar-refractivity contribution in [1.82, 2.24) is 19.9 Å². The molecule has 0 unspecified atom stereocenters. The highest BCUT2D eigenvalue weighted by atomic mass is 16.5. The van der Waals surface area contributed by atoms with Crippen molar-refractivity contribution in [3.63, 3.8) is 0 Å². The number of hydrogen-bond acceptors (Lipinski definition) is 4. The maximum absolute atomic E-state index is 12.7. The summed E-state index contributed by atoms with van der Waals surface area (Å²) in [6.45, 7) is 2.81. The summed E-state index contributed by atoms with van der Waals surface area (Å²) < 4.78 is 5.51. The number of nitrogens with one attached hydrogen (secondary N) is 3. The third kappa shape index (κ3) is 3.59. The molecule has 3 heterocycles. The summed E-state index contributed by atoms with van der Waals surface area (Å²) in [5.74, 6) is 1.02. The summed E-state index contributed by atoms with van der Waals surface area (Å²) in [6.07, 6.45) is 3.03. The lowest BCUT2D eigenvalue weighted by Gasteiger charge is -2.35. The molecule has 8 nitrogen and oxygen atoms in total. The van der Waals surface area contributed by atoms with E-state index in [-0.39, 0.29) is 6.03 Å². The second kappa shape index (κ2) is 7.31. The van der Waals surface area contributed by atoms with Crippen LogP contribution in [0.15, 0.2) is 42.6 Å². The molecule has 2 aromatic heterocycles. The van der Waals surface area contributed by atoms with E-state index >= 15 is 0 Å². The van der Waals surface area contributed by atoms with Gasteiger partial charge in [-0.05, 0) is 61.0 Å². The zero-order chi connectivity index (χ0) is 21.6. The molecule has 1 aliphatic rings. The van der Waals surface area contributed by atoms with Crippen LogP contribution in [-0.2, 0) is 0 Å². The van der Waals surface area contributed by atoms with Crippen LogP contribution < -0.4 is 10.1 Å². The summed E-state index contributed by atoms with van der Waals surface area (Å²) in [4.78, 5) is 25.5. The maximum atomic E-state index is 12.7. The Kier molecular flexibility index (Phi) is 4.59. The van der Waals surface area contributed by atoms with Crippen LogP contribution in [0.2, 0.25) is 0 Å². The number of nitrogens with zero attached hydrogens (tertiary/aromatic N) is 2. The number of ether oxygens (including phenoxy) is 1. The first-order chi connectivity index (χ1) is 14.9. The van der Waals surface area contributed by atoms with E-state index in [1.807, 2.05) is 36.5 Å². The summed E-state index contributed by atoms with van der Waals surface area (Å²) in [6, 6.07) is 11.9. The zero-order valence-electron chi connectivity index (χ0n) is 17.5. The Bertz CT molecular complexity index is 1260. The molecule has 160 valence electrons. The van der Waals surface area contributed by atoms with Crippen molar-refractivity contribution < 1.29 is 14.6 Å². The third-order valence-corrected chi connectivity index (χ3v) is 6.04. The van der Waals surface area contributed by atoms with Gasteiger partial charge in [0.05, 0.1) is 12.7 Å². The van der Waals surface area contributed by atoms with Crippen LogP contribution >= 0.6 is 0 Å². The number of aromatic nitrogens is 3. The van der Waals surface area contributed by atoms with E-state index in [4.69, 9.17) is 4.74 Å². The average Bonchev–Trinajstić information content (AvgIpc) is 3.39. The number of benzene rings is 2. The number of hydrogen-bond donors (Lipinski definition) is 4. The van der Waals surface area contributed by atoms with Gasteiger partial charge >= 0.3 is 6.03 Å². The van der Waals surface area contributed by atoms with Crippen molar-refractivity contribution in [1.29, 1.82) is 0 Å². The zero-order valence-corrected chi connectivity index (χ0v) is 17.5. The fraction of sp³-hybridized carbons (Fsp3) is 0.304. The fourth-order valence-electron chi connectivity index (χ4n) is 4.12. The largest absolute Gasteiger partial charge is 0.494 e. The van der Waals surface area contributed by atoms with Gasteiger partial charge in [-0.15, -0.1) is 0 Å². The minimum absolute atomic E-state index is 0.233. The molecule has 5 rings (SSSR count). The normalized spacial score (nSPS) is 16.0. The lowest BCUT2D eigenvalue weighted by Crippen LogP contribution is -2.46. The van der Waals surface area contributed by atoms with Crippen LogP contribution in [0.3, 0.4) is 0 Å². The minimum Gasteiger partial charge on any atom is -0.494 e. The number of carbonyl (C=O) groups excluding carboxylic acids is 1. The van der Waals surface area contributed by atoms with E-state index < -0.39 is 5.60 Å². The van der Waals surface area contributed by atoms with Gasteiger partial charge in [0.15, 0.2) is 0 Å². The summed E-state index contributed by atoms with van der Waals surface area (Å²) in [7, 11) is 1.61. The van der Waals surface area contributed by atoms with E-state index in [2.05, 4.69) is 26.3 Å². The number of urea groups is 1. The summed E-state index contributed by atoms with van der Waals surface area (Å²) >= 11 is 0. The molecule has 8 heteroatoms. The quantitative estimate of drug-likeness (QED) is 0.401. The van der Waals surface area contributed by atoms with E-state index in [1.54, 1.807) is 18.9 Å². The predicted octanol–water partition coefficient (Wildman–Crippen LogP) is 4.10. The minimum atomic E-state index is -0.709. The SMILES string of the molecule is COc1ccc(-c2ccc3[nH]ccc3c2)c2nc(NC(=O)N3CCC(C)(O)CC3)[nH]c12. The van der Waals surface area contributed by atoms with Crippen LogP contribution in [0.1, 0.15) is 19.8 Å². The number of imidazole rings is 1. The topological polar surface area (TPSA) is 106 Å². The van der Waals surface area contributed by atoms with Gasteiger partial charge in [-0.25, -0.2) is 9.78 Å². The highest BCUT2D eigenvalue weighted by molar-refractivity contribution is 6.00. The fourth-order valence-corrected chi connectivity index (χ4v) is 4.12. The molecular weight excluding hydrogens is 394 g/mol. The number of fused-ring (bicyclic) bond motifs is 2. The van der Waals surface area contributed by atoms with Gasteiger partial charge in [0.1, 0.15) is 16.8 Å². The smallest absolute Gasteiger partial charge is 0.324 e. The number of methoxy groups -OCH3 is 1. The Morgan fingerprint density at radius 2 is 2.03 bits per heavy atom. The number of carbonyl (C=O) groups is 1. The summed E-state index contributed by atoms with van der Waals surface area (Å²) in [5, 5.41) is 14.1. The molecule has 2 amide bonds. The Morgan fingerprint density at radius 1 is 1.23 bits per heavy atom. The van der Waals surface area contributed by atoms with Gasteiger partial charge in [-0.3, -0.25) is 5.32 Å². The van der Waals surface area contributed by atoms with Crippen LogP contribution in [0.4, 0.5) is 10.7 Å². The first-order valence-electron chi connectivity index (χ1n) is 10.4. The molecule has 0 saturated carbocycles. The first-order valence-corrected chi connectivity index (χ1v) is 10.4. The molecule has 2 aromatic carbocycles. The van der Waals surface area contributed by atoms with Crippen LogP contribution in [0, 0.1) is 0 Å². The second-order valence-corrected chi connectivity index (χ2v) is 8.32. The van der Waals surface area contributed by atoms with Crippen LogP contribution in [0.25, 0.3) is 33.1 Å². The summed E-state index contributed by atoms with van der Waals surface area (Å²) in [5.41, 5.74) is 3.80. The standard InChI is InChI=1S/C23H25N5O3/c1-23(30)8-11-28(12-9-23)22(29)27-21-25-19-16(4-6-18(31-2)20(19)26-21)14-3-5-17-15(13-14)7-10-24-17/h3-7,10,13,24,30H,8-9,11-12H2,1-2H3,(H2,25,26,27,29). The Labute approximate surface area is 179 Å². The molecule has 1 fully saturated rings. The van der Waals surface area contributed by atoms with E-state index in [9.17, 15) is 9.90 Å². The number of piperidine rings is 1. The van der Waals surface area contributed by atoms with Gasteiger partial charge in [-0.1, -0.05) is 6.07 Å². The molecule has 0 radical (unpaired) electrons. The molecule has 0 bridgehead atoms. The van der Waals surface area contributed by atoms with Crippen molar-refractivity contribution in [2.24, 2.45) is 0 Å². The lowest BCUT2D eigenvalue weighted by molar-refractivity contribution is 0.00569. The third-order valence-electron chi connectivity index (χ3n) is 6.04. The van der Waals surface area contributed by atoms with E-state index in [1.165, 1.54) is 0 Å². The predicted molar refractivity (Wildman–Crippen MR) is 120 cm³/mol. The van der Waals surface area contributed by atoms with Crippen molar-refractivity contribution in [2.75, 3.05) is 25.5 Å². The molecule has 0 spiro atoms. The Balaban J connectivity index is 1.48. The van der Waals surface area contributed by atoms with Crippen LogP contribution in [-0.4, -0.2) is 56.8 Å². The molecule has 0 aliphatic carbocycles. The van der Waals surface area contributed by atoms with Crippen molar-refractivity contribution in [3.05, 3.63) is 42.6 Å². The molecule has 1 aliphatic heterocycles. The Hall–Kier alpha value is -3.52. The Morgan fingerprint density at radius 3 is 2.81 bits per heavy atom. The average molecular weight is 419 g/mol. The van der Waals surface area contributed by atoms with Crippen LogP contribution in [0.5, 0.6) is 5.75 Å². The van der Waals surface area contributed by atoms with Crippen molar-refractivity contribution in [2.45, 2.75) is 25.4 Å². The maximum Gasteiger partial charge on any atom is 0.324 e. The van der Waals surface area contributed by atoms with Gasteiger partial charge in [-0.2, -0.15) is 0 Å². The molecule has 31 heavy (non-hydrogen) atoms. The van der Waals surface area contributed by atoms with E-state index in [0.29, 0.717) is 37.6 Å². The molecular formula is C23H25N5O3. The van der Waals surface area contributed by atoms with Gasteiger partial charge in [0.2, 0.25) is 5.95 Å². The lowest BCUT2D eigenvalue weighted by atomic mass is 9.94. The van der Waals surface area contributed by atoms with E-state index in [0.717, 1.165) is 33.1 Å². The van der Waals surface area contributed by atoms with Crippen molar-refractivity contribution >= 4 is 33.9 Å². The molecule has 4 aromatic rings. The van der Waals surface area contributed by atoms with Crippen molar-refractivity contribution in [3.8, 4) is 16.9 Å². The molecule has 4 N–H and O–H groups in total. The molecule has 0 atom stereocenters. The number of amides is 2. The number of likely N-dealkylation sites (tertiary alicyclic amines) is 1. The van der Waals surface area contributed by atoms with Gasteiger partial charge in [0, 0.05) is 30.4 Å².